The molecule has 22 heavy (non-hydrogen) atoms. The summed E-state index contributed by atoms with van der Waals surface area (Å²) in [5.74, 6) is 0.391. The lowest BCUT2D eigenvalue weighted by atomic mass is 10.2. The number of hydrogen-bond acceptors (Lipinski definition) is 2. The summed E-state index contributed by atoms with van der Waals surface area (Å²) in [6.07, 6.45) is 2.76. The number of para-hydroxylation sites is 2. The molecule has 1 aliphatic heterocycles. The van der Waals surface area contributed by atoms with E-state index in [4.69, 9.17) is 5.41 Å². The molecule has 2 heterocycles. The smallest absolute Gasteiger partial charge is 0.200 e. The average Bonchev–Trinajstić information content (AvgIpc) is 2.99. The summed E-state index contributed by atoms with van der Waals surface area (Å²) < 4.78 is 0. The van der Waals surface area contributed by atoms with Crippen LogP contribution >= 0.6 is 0 Å². The number of aromatic nitrogens is 1. The van der Waals surface area contributed by atoms with Crippen molar-refractivity contribution in [2.75, 3.05) is 16.8 Å². The molecule has 0 fully saturated rings. The van der Waals surface area contributed by atoms with Gasteiger partial charge in [-0.25, -0.2) is 0 Å². The molecule has 0 spiro atoms. The van der Waals surface area contributed by atoms with Crippen LogP contribution in [0.4, 0.5) is 11.4 Å². The Balaban J connectivity index is 1.59. The van der Waals surface area contributed by atoms with Gasteiger partial charge in [0.1, 0.15) is 0 Å². The number of guanidine groups is 1. The van der Waals surface area contributed by atoms with Gasteiger partial charge in [0.2, 0.25) is 0 Å². The number of anilines is 2. The minimum Gasteiger partial charge on any atom is -0.325 e. The van der Waals surface area contributed by atoms with Gasteiger partial charge in [-0.05, 0) is 30.2 Å². The molecule has 0 atom stereocenters. The van der Waals surface area contributed by atoms with Gasteiger partial charge < -0.3 is 10.2 Å². The normalized spacial score (nSPS) is 13.2. The molecule has 4 heteroatoms. The van der Waals surface area contributed by atoms with E-state index in [-0.39, 0.29) is 0 Å². The molecule has 0 aliphatic carbocycles. The standard InChI is InChI=1S/C18H16N4/c19-18(22-10-9-13-5-2-4-8-17(13)22)21-15-11-14-6-1-3-7-16(14)20-12-15/h1-8,11-12H,9-10H2,(H2,19,21). The number of hydrogen-bond donors (Lipinski definition) is 2. The van der Waals surface area contributed by atoms with E-state index in [9.17, 15) is 0 Å². The van der Waals surface area contributed by atoms with Crippen LogP contribution < -0.4 is 10.2 Å². The van der Waals surface area contributed by atoms with E-state index in [1.165, 1.54) is 5.56 Å². The average molecular weight is 288 g/mol. The van der Waals surface area contributed by atoms with Gasteiger partial charge in [-0.1, -0.05) is 36.4 Å². The van der Waals surface area contributed by atoms with Crippen molar-refractivity contribution in [3.8, 4) is 0 Å². The largest absolute Gasteiger partial charge is 0.325 e. The highest BCUT2D eigenvalue weighted by atomic mass is 15.3. The fourth-order valence-corrected chi connectivity index (χ4v) is 2.91. The zero-order valence-corrected chi connectivity index (χ0v) is 12.1. The first-order valence-electron chi connectivity index (χ1n) is 7.37. The Hall–Kier alpha value is -2.88. The quantitative estimate of drug-likeness (QED) is 0.531. The fourth-order valence-electron chi connectivity index (χ4n) is 2.91. The van der Waals surface area contributed by atoms with E-state index in [2.05, 4.69) is 22.4 Å². The number of nitrogens with zero attached hydrogens (tertiary/aromatic N) is 2. The summed E-state index contributed by atoms with van der Waals surface area (Å²) in [5.41, 5.74) is 4.22. The number of pyridine rings is 1. The maximum atomic E-state index is 8.35. The Bertz CT molecular complexity index is 856. The third-order valence-corrected chi connectivity index (χ3v) is 4.01. The summed E-state index contributed by atoms with van der Waals surface area (Å²) in [4.78, 5) is 6.43. The van der Waals surface area contributed by atoms with E-state index in [1.807, 2.05) is 47.4 Å². The molecule has 0 radical (unpaired) electrons. The molecule has 0 amide bonds. The molecule has 0 bridgehead atoms. The predicted octanol–water partition coefficient (Wildman–Crippen LogP) is 3.64. The Morgan fingerprint density at radius 2 is 1.91 bits per heavy atom. The minimum atomic E-state index is 0.391. The number of nitrogens with one attached hydrogen (secondary N) is 2. The summed E-state index contributed by atoms with van der Waals surface area (Å²) in [6.45, 7) is 0.839. The van der Waals surface area contributed by atoms with Gasteiger partial charge in [0.15, 0.2) is 5.96 Å². The Kier molecular flexibility index (Phi) is 3.00. The molecular weight excluding hydrogens is 272 g/mol. The van der Waals surface area contributed by atoms with Crippen molar-refractivity contribution in [3.63, 3.8) is 0 Å². The van der Waals surface area contributed by atoms with Crippen LogP contribution in [0.2, 0.25) is 0 Å². The van der Waals surface area contributed by atoms with Crippen molar-refractivity contribution in [3.05, 3.63) is 66.4 Å². The summed E-state index contributed by atoms with van der Waals surface area (Å²) in [6, 6.07) is 18.3. The molecule has 4 rings (SSSR count). The number of fused-ring (bicyclic) bond motifs is 2. The molecule has 108 valence electrons. The van der Waals surface area contributed by atoms with Crippen molar-refractivity contribution >= 4 is 28.2 Å². The van der Waals surface area contributed by atoms with Gasteiger partial charge in [0.05, 0.1) is 17.4 Å². The zero-order chi connectivity index (χ0) is 14.9. The van der Waals surface area contributed by atoms with E-state index < -0.39 is 0 Å². The highest BCUT2D eigenvalue weighted by Gasteiger charge is 2.21. The fraction of sp³-hybridized carbons (Fsp3) is 0.111. The second-order valence-electron chi connectivity index (χ2n) is 5.42. The number of rotatable bonds is 1. The van der Waals surface area contributed by atoms with Crippen LogP contribution in [0.25, 0.3) is 10.9 Å². The molecule has 1 aliphatic rings. The van der Waals surface area contributed by atoms with E-state index in [1.54, 1.807) is 6.20 Å². The van der Waals surface area contributed by atoms with E-state index >= 15 is 0 Å². The molecule has 0 saturated heterocycles. The predicted molar refractivity (Wildman–Crippen MR) is 90.6 cm³/mol. The Labute approximate surface area is 128 Å². The van der Waals surface area contributed by atoms with Gasteiger partial charge in [-0.3, -0.25) is 10.4 Å². The SMILES string of the molecule is N=C(Nc1cnc2ccccc2c1)N1CCc2ccccc21. The lowest BCUT2D eigenvalue weighted by molar-refractivity contribution is 1.01. The van der Waals surface area contributed by atoms with E-state index in [0.29, 0.717) is 5.96 Å². The first-order valence-corrected chi connectivity index (χ1v) is 7.37. The van der Waals surface area contributed by atoms with Gasteiger partial charge in [-0.15, -0.1) is 0 Å². The van der Waals surface area contributed by atoms with Crippen molar-refractivity contribution in [1.29, 1.82) is 5.41 Å². The maximum absolute atomic E-state index is 8.35. The summed E-state index contributed by atoms with van der Waals surface area (Å²) in [5, 5.41) is 12.6. The van der Waals surface area contributed by atoms with Crippen LogP contribution in [0.5, 0.6) is 0 Å². The third-order valence-electron chi connectivity index (χ3n) is 4.01. The molecule has 0 unspecified atom stereocenters. The van der Waals surface area contributed by atoms with Gasteiger partial charge in [-0.2, -0.15) is 0 Å². The van der Waals surface area contributed by atoms with Crippen LogP contribution in [-0.4, -0.2) is 17.5 Å². The molecule has 2 aromatic carbocycles. The molecule has 2 N–H and O–H groups in total. The first kappa shape index (κ1) is 12.8. The maximum Gasteiger partial charge on any atom is 0.200 e. The molecule has 0 saturated carbocycles. The highest BCUT2D eigenvalue weighted by molar-refractivity contribution is 6.05. The van der Waals surface area contributed by atoms with Crippen molar-refractivity contribution in [1.82, 2.24) is 4.98 Å². The molecule has 4 nitrogen and oxygen atoms in total. The van der Waals surface area contributed by atoms with Gasteiger partial charge >= 0.3 is 0 Å². The van der Waals surface area contributed by atoms with E-state index in [0.717, 1.165) is 35.2 Å². The first-order chi connectivity index (χ1) is 10.8. The van der Waals surface area contributed by atoms with Gasteiger partial charge in [0, 0.05) is 17.6 Å². The van der Waals surface area contributed by atoms with Crippen LogP contribution in [0, 0.1) is 5.41 Å². The van der Waals surface area contributed by atoms with Crippen molar-refractivity contribution < 1.29 is 0 Å². The number of benzene rings is 2. The molecular formula is C18H16N4. The third kappa shape index (κ3) is 2.19. The van der Waals surface area contributed by atoms with Gasteiger partial charge in [0.25, 0.3) is 0 Å². The lowest BCUT2D eigenvalue weighted by Gasteiger charge is -2.21. The van der Waals surface area contributed by atoms with Crippen LogP contribution in [0.3, 0.4) is 0 Å². The Morgan fingerprint density at radius 3 is 2.86 bits per heavy atom. The molecule has 1 aromatic heterocycles. The van der Waals surface area contributed by atoms with Crippen molar-refractivity contribution in [2.45, 2.75) is 6.42 Å². The van der Waals surface area contributed by atoms with Crippen LogP contribution in [0.1, 0.15) is 5.56 Å². The van der Waals surface area contributed by atoms with Crippen molar-refractivity contribution in [2.24, 2.45) is 0 Å². The second-order valence-corrected chi connectivity index (χ2v) is 5.42. The second kappa shape index (κ2) is 5.15. The molecule has 3 aromatic rings. The van der Waals surface area contributed by atoms with Crippen LogP contribution in [-0.2, 0) is 6.42 Å². The summed E-state index contributed by atoms with van der Waals surface area (Å²) in [7, 11) is 0. The minimum absolute atomic E-state index is 0.391. The zero-order valence-electron chi connectivity index (χ0n) is 12.1. The lowest BCUT2D eigenvalue weighted by Crippen LogP contribution is -2.34. The highest BCUT2D eigenvalue weighted by Crippen LogP contribution is 2.27. The van der Waals surface area contributed by atoms with Crippen LogP contribution in [0.15, 0.2) is 60.8 Å². The monoisotopic (exact) mass is 288 g/mol. The topological polar surface area (TPSA) is 52.0 Å². The summed E-state index contributed by atoms with van der Waals surface area (Å²) >= 11 is 0. The Morgan fingerprint density at radius 1 is 1.09 bits per heavy atom.